The molecule has 0 aliphatic heterocycles. The highest BCUT2D eigenvalue weighted by Gasteiger charge is 2.28. The molecular formula is C14H19NO2. The second kappa shape index (κ2) is 4.88. The Balaban J connectivity index is 1.87. The van der Waals surface area contributed by atoms with Crippen LogP contribution in [0.1, 0.15) is 29.5 Å². The van der Waals surface area contributed by atoms with Gasteiger partial charge in [-0.2, -0.15) is 0 Å². The number of nitrogens with one attached hydrogen (secondary N) is 1. The number of aryl methyl sites for hydroxylation is 2. The van der Waals surface area contributed by atoms with Crippen molar-refractivity contribution < 1.29 is 9.90 Å². The zero-order valence-electron chi connectivity index (χ0n) is 10.4. The zero-order chi connectivity index (χ0) is 12.4. The van der Waals surface area contributed by atoms with Crippen LogP contribution in [0.3, 0.4) is 0 Å². The summed E-state index contributed by atoms with van der Waals surface area (Å²) < 4.78 is 0. The number of benzene rings is 1. The molecule has 0 spiro atoms. The van der Waals surface area contributed by atoms with Crippen LogP contribution in [-0.2, 0) is 11.2 Å². The predicted octanol–water partition coefficient (Wildman–Crippen LogP) is 1.49. The number of rotatable bonds is 3. The molecule has 1 saturated carbocycles. The lowest BCUT2D eigenvalue weighted by Crippen LogP contribution is -2.47. The molecule has 17 heavy (non-hydrogen) atoms. The SMILES string of the molecule is Cc1ccc(CC(=O)NC2CC(O)C2)cc1C. The molecule has 0 saturated heterocycles. The van der Waals surface area contributed by atoms with Gasteiger partial charge in [0.1, 0.15) is 0 Å². The van der Waals surface area contributed by atoms with Crippen molar-refractivity contribution in [3.8, 4) is 0 Å². The standard InChI is InChI=1S/C14H19NO2/c1-9-3-4-11(5-10(9)2)6-14(17)15-12-7-13(16)8-12/h3-5,12-13,16H,6-8H2,1-2H3,(H,15,17). The third kappa shape index (κ3) is 3.07. The molecule has 1 fully saturated rings. The summed E-state index contributed by atoms with van der Waals surface area (Å²) in [5.41, 5.74) is 3.51. The third-order valence-corrected chi connectivity index (χ3v) is 3.41. The fourth-order valence-corrected chi connectivity index (χ4v) is 2.08. The summed E-state index contributed by atoms with van der Waals surface area (Å²) in [4.78, 5) is 11.7. The number of aliphatic hydroxyl groups is 1. The molecule has 2 rings (SSSR count). The molecule has 0 heterocycles. The van der Waals surface area contributed by atoms with E-state index in [9.17, 15) is 4.79 Å². The predicted molar refractivity (Wildman–Crippen MR) is 66.8 cm³/mol. The van der Waals surface area contributed by atoms with Crippen molar-refractivity contribution in [2.75, 3.05) is 0 Å². The van der Waals surface area contributed by atoms with Gasteiger partial charge in [-0.05, 0) is 43.4 Å². The molecule has 0 bridgehead atoms. The summed E-state index contributed by atoms with van der Waals surface area (Å²) in [5, 5.41) is 12.1. The molecule has 0 aromatic heterocycles. The van der Waals surface area contributed by atoms with Crippen LogP contribution in [0.4, 0.5) is 0 Å². The van der Waals surface area contributed by atoms with E-state index < -0.39 is 0 Å². The molecule has 92 valence electrons. The summed E-state index contributed by atoms with van der Waals surface area (Å²) >= 11 is 0. The van der Waals surface area contributed by atoms with Gasteiger partial charge in [-0.3, -0.25) is 4.79 Å². The van der Waals surface area contributed by atoms with Crippen LogP contribution in [0.2, 0.25) is 0 Å². The monoisotopic (exact) mass is 233 g/mol. The summed E-state index contributed by atoms with van der Waals surface area (Å²) in [7, 11) is 0. The average molecular weight is 233 g/mol. The molecule has 3 heteroatoms. The van der Waals surface area contributed by atoms with E-state index in [-0.39, 0.29) is 18.1 Å². The van der Waals surface area contributed by atoms with E-state index in [1.54, 1.807) is 0 Å². The highest BCUT2D eigenvalue weighted by atomic mass is 16.3. The third-order valence-electron chi connectivity index (χ3n) is 3.41. The van der Waals surface area contributed by atoms with E-state index in [1.807, 2.05) is 12.1 Å². The molecule has 0 radical (unpaired) electrons. The van der Waals surface area contributed by atoms with Gasteiger partial charge < -0.3 is 10.4 Å². The lowest BCUT2D eigenvalue weighted by Gasteiger charge is -2.31. The molecule has 0 atom stereocenters. The Morgan fingerprint density at radius 2 is 2.06 bits per heavy atom. The number of hydrogen-bond acceptors (Lipinski definition) is 2. The first kappa shape index (κ1) is 12.1. The normalized spacial score (nSPS) is 23.0. The zero-order valence-corrected chi connectivity index (χ0v) is 10.4. The Morgan fingerprint density at radius 3 is 2.65 bits per heavy atom. The van der Waals surface area contributed by atoms with Crippen molar-refractivity contribution in [1.82, 2.24) is 5.32 Å². The molecule has 1 aromatic rings. The van der Waals surface area contributed by atoms with E-state index in [4.69, 9.17) is 5.11 Å². The van der Waals surface area contributed by atoms with E-state index in [2.05, 4.69) is 25.2 Å². The molecule has 0 unspecified atom stereocenters. The molecule has 3 nitrogen and oxygen atoms in total. The van der Waals surface area contributed by atoms with E-state index in [0.29, 0.717) is 19.3 Å². The molecule has 1 aromatic carbocycles. The van der Waals surface area contributed by atoms with Gasteiger partial charge >= 0.3 is 0 Å². The summed E-state index contributed by atoms with van der Waals surface area (Å²) in [6.45, 7) is 4.12. The Hall–Kier alpha value is -1.35. The molecule has 1 amide bonds. The van der Waals surface area contributed by atoms with Crippen molar-refractivity contribution in [2.24, 2.45) is 0 Å². The van der Waals surface area contributed by atoms with Crippen LogP contribution >= 0.6 is 0 Å². The average Bonchev–Trinajstić information content (AvgIpc) is 2.21. The van der Waals surface area contributed by atoms with Gasteiger partial charge in [0.05, 0.1) is 12.5 Å². The van der Waals surface area contributed by atoms with Gasteiger partial charge in [-0.1, -0.05) is 18.2 Å². The number of aliphatic hydroxyl groups excluding tert-OH is 1. The van der Waals surface area contributed by atoms with Gasteiger partial charge in [-0.15, -0.1) is 0 Å². The van der Waals surface area contributed by atoms with Crippen molar-refractivity contribution in [2.45, 2.75) is 45.3 Å². The quantitative estimate of drug-likeness (QED) is 0.831. The number of amides is 1. The highest BCUT2D eigenvalue weighted by Crippen LogP contribution is 2.19. The largest absolute Gasteiger partial charge is 0.393 e. The minimum absolute atomic E-state index is 0.0464. The van der Waals surface area contributed by atoms with E-state index in [0.717, 1.165) is 5.56 Å². The molecular weight excluding hydrogens is 214 g/mol. The summed E-state index contributed by atoms with van der Waals surface area (Å²) in [6, 6.07) is 6.27. The Labute approximate surface area is 102 Å². The van der Waals surface area contributed by atoms with Crippen LogP contribution in [0.5, 0.6) is 0 Å². The molecule has 2 N–H and O–H groups in total. The Bertz CT molecular complexity index is 422. The van der Waals surface area contributed by atoms with Crippen molar-refractivity contribution >= 4 is 5.91 Å². The fraction of sp³-hybridized carbons (Fsp3) is 0.500. The maximum absolute atomic E-state index is 11.7. The minimum atomic E-state index is -0.220. The van der Waals surface area contributed by atoms with Crippen LogP contribution in [0.15, 0.2) is 18.2 Å². The van der Waals surface area contributed by atoms with E-state index in [1.165, 1.54) is 11.1 Å². The summed E-state index contributed by atoms with van der Waals surface area (Å²) in [5.74, 6) is 0.0464. The molecule has 1 aliphatic carbocycles. The van der Waals surface area contributed by atoms with Crippen molar-refractivity contribution in [3.05, 3.63) is 34.9 Å². The van der Waals surface area contributed by atoms with Crippen LogP contribution in [-0.4, -0.2) is 23.2 Å². The lowest BCUT2D eigenvalue weighted by atomic mass is 9.89. The van der Waals surface area contributed by atoms with Gasteiger partial charge in [0.2, 0.25) is 5.91 Å². The molecule has 1 aliphatic rings. The topological polar surface area (TPSA) is 49.3 Å². The Morgan fingerprint density at radius 1 is 1.35 bits per heavy atom. The van der Waals surface area contributed by atoms with Gasteiger partial charge in [-0.25, -0.2) is 0 Å². The van der Waals surface area contributed by atoms with Crippen LogP contribution in [0, 0.1) is 13.8 Å². The second-order valence-electron chi connectivity index (χ2n) is 4.99. The lowest BCUT2D eigenvalue weighted by molar-refractivity contribution is -0.122. The minimum Gasteiger partial charge on any atom is -0.393 e. The summed E-state index contributed by atoms with van der Waals surface area (Å²) in [6.07, 6.45) is 1.59. The van der Waals surface area contributed by atoms with E-state index >= 15 is 0 Å². The number of hydrogen-bond donors (Lipinski definition) is 2. The van der Waals surface area contributed by atoms with Crippen LogP contribution in [0.25, 0.3) is 0 Å². The van der Waals surface area contributed by atoms with Gasteiger partial charge in [0.25, 0.3) is 0 Å². The Kier molecular flexibility index (Phi) is 3.48. The number of carbonyl (C=O) groups is 1. The highest BCUT2D eigenvalue weighted by molar-refractivity contribution is 5.79. The first-order chi connectivity index (χ1) is 8.04. The van der Waals surface area contributed by atoms with Gasteiger partial charge in [0, 0.05) is 6.04 Å². The van der Waals surface area contributed by atoms with Crippen molar-refractivity contribution in [1.29, 1.82) is 0 Å². The maximum atomic E-state index is 11.7. The smallest absolute Gasteiger partial charge is 0.224 e. The van der Waals surface area contributed by atoms with Crippen LogP contribution < -0.4 is 5.32 Å². The van der Waals surface area contributed by atoms with Crippen molar-refractivity contribution in [3.63, 3.8) is 0 Å². The number of carbonyl (C=O) groups excluding carboxylic acids is 1. The first-order valence-corrected chi connectivity index (χ1v) is 6.08. The fourth-order valence-electron chi connectivity index (χ4n) is 2.08. The van der Waals surface area contributed by atoms with Gasteiger partial charge in [0.15, 0.2) is 0 Å². The second-order valence-corrected chi connectivity index (χ2v) is 4.99. The first-order valence-electron chi connectivity index (χ1n) is 6.08. The maximum Gasteiger partial charge on any atom is 0.224 e.